The molecule has 0 aliphatic rings. The van der Waals surface area contributed by atoms with Crippen molar-refractivity contribution in [3.8, 4) is 23.0 Å². The molecule has 6 nitrogen and oxygen atoms in total. The van der Waals surface area contributed by atoms with Crippen molar-refractivity contribution in [3.05, 3.63) is 47.5 Å². The summed E-state index contributed by atoms with van der Waals surface area (Å²) in [6.45, 7) is 4.60. The van der Waals surface area contributed by atoms with Crippen molar-refractivity contribution in [1.82, 2.24) is 0 Å². The summed E-state index contributed by atoms with van der Waals surface area (Å²) in [5.41, 5.74) is 0.982. The van der Waals surface area contributed by atoms with Gasteiger partial charge in [-0.1, -0.05) is 12.1 Å². The van der Waals surface area contributed by atoms with Crippen molar-refractivity contribution >= 4 is 12.4 Å². The summed E-state index contributed by atoms with van der Waals surface area (Å²) in [6, 6.07) is 10.3. The summed E-state index contributed by atoms with van der Waals surface area (Å²) in [4.78, 5) is 0. The van der Waals surface area contributed by atoms with E-state index >= 15 is 0 Å². The zero-order chi connectivity index (χ0) is 17.4. The molecule has 0 unspecified atom stereocenters. The molecule has 126 valence electrons. The van der Waals surface area contributed by atoms with Crippen LogP contribution in [0.3, 0.4) is 0 Å². The zero-order valence-electron chi connectivity index (χ0n) is 13.6. The van der Waals surface area contributed by atoms with E-state index in [0.717, 1.165) is 0 Å². The number of rotatable bonds is 7. The molecule has 0 amide bonds. The molecule has 0 saturated carbocycles. The van der Waals surface area contributed by atoms with E-state index in [9.17, 15) is 10.2 Å². The first-order valence-corrected chi connectivity index (χ1v) is 7.63. The fraction of sp³-hybridized carbons (Fsp3) is 0.222. The molecule has 6 heteroatoms. The first kappa shape index (κ1) is 17.3. The number of benzene rings is 2. The Hall–Kier alpha value is -3.02. The van der Waals surface area contributed by atoms with Crippen LogP contribution in [0.15, 0.2) is 46.6 Å². The van der Waals surface area contributed by atoms with Crippen molar-refractivity contribution in [2.75, 3.05) is 13.2 Å². The highest BCUT2D eigenvalue weighted by Crippen LogP contribution is 2.29. The van der Waals surface area contributed by atoms with E-state index in [4.69, 9.17) is 9.47 Å². The number of phenolic OH excluding ortho intramolecular Hbond substituents is 2. The lowest BCUT2D eigenvalue weighted by molar-refractivity contribution is 0.318. The maximum absolute atomic E-state index is 10.1. The SMILES string of the molecule is CCOc1cccc(C=NN=Cc2cccc(OCC)c2O)c1O. The second-order valence-electron chi connectivity index (χ2n) is 4.74. The first-order valence-electron chi connectivity index (χ1n) is 7.63. The van der Waals surface area contributed by atoms with Crippen LogP contribution in [0, 0.1) is 0 Å². The van der Waals surface area contributed by atoms with E-state index in [1.54, 1.807) is 36.4 Å². The van der Waals surface area contributed by atoms with Gasteiger partial charge < -0.3 is 19.7 Å². The molecule has 0 aliphatic carbocycles. The van der Waals surface area contributed by atoms with Crippen LogP contribution in [0.4, 0.5) is 0 Å². The molecule has 0 heterocycles. The molecule has 0 aliphatic heterocycles. The van der Waals surface area contributed by atoms with Gasteiger partial charge in [0.2, 0.25) is 0 Å². The van der Waals surface area contributed by atoms with Crippen molar-refractivity contribution in [1.29, 1.82) is 0 Å². The Morgan fingerprint density at radius 1 is 0.792 bits per heavy atom. The highest BCUT2D eigenvalue weighted by Gasteiger charge is 2.06. The number of hydrogen-bond donors (Lipinski definition) is 2. The summed E-state index contributed by atoms with van der Waals surface area (Å²) >= 11 is 0. The van der Waals surface area contributed by atoms with Gasteiger partial charge in [0, 0.05) is 11.1 Å². The number of hydrogen-bond acceptors (Lipinski definition) is 6. The van der Waals surface area contributed by atoms with Crippen LogP contribution in [0.1, 0.15) is 25.0 Å². The second-order valence-corrected chi connectivity index (χ2v) is 4.74. The number of ether oxygens (including phenoxy) is 2. The van der Waals surface area contributed by atoms with Crippen molar-refractivity contribution in [2.45, 2.75) is 13.8 Å². The third-order valence-corrected chi connectivity index (χ3v) is 3.12. The van der Waals surface area contributed by atoms with Gasteiger partial charge in [-0.05, 0) is 38.1 Å². The maximum Gasteiger partial charge on any atom is 0.166 e. The monoisotopic (exact) mass is 328 g/mol. The molecule has 0 spiro atoms. The van der Waals surface area contributed by atoms with Crippen molar-refractivity contribution in [2.24, 2.45) is 10.2 Å². The lowest BCUT2D eigenvalue weighted by Crippen LogP contribution is -1.94. The number of para-hydroxylation sites is 2. The van der Waals surface area contributed by atoms with E-state index in [1.165, 1.54) is 12.4 Å². The van der Waals surface area contributed by atoms with E-state index < -0.39 is 0 Å². The molecule has 2 aromatic rings. The fourth-order valence-corrected chi connectivity index (χ4v) is 2.02. The Morgan fingerprint density at radius 2 is 1.21 bits per heavy atom. The van der Waals surface area contributed by atoms with Crippen LogP contribution in [0.2, 0.25) is 0 Å². The number of aromatic hydroxyl groups is 2. The highest BCUT2D eigenvalue weighted by atomic mass is 16.5. The Morgan fingerprint density at radius 3 is 1.58 bits per heavy atom. The molecule has 0 aromatic heterocycles. The average Bonchev–Trinajstić information content (AvgIpc) is 2.58. The van der Waals surface area contributed by atoms with Gasteiger partial charge in [-0.15, -0.1) is 0 Å². The zero-order valence-corrected chi connectivity index (χ0v) is 13.6. The van der Waals surface area contributed by atoms with Gasteiger partial charge in [0.25, 0.3) is 0 Å². The Balaban J connectivity index is 2.13. The third-order valence-electron chi connectivity index (χ3n) is 3.12. The predicted octanol–water partition coefficient (Wildman–Crippen LogP) is 3.35. The molecule has 0 bridgehead atoms. The van der Waals surface area contributed by atoms with Gasteiger partial charge >= 0.3 is 0 Å². The van der Waals surface area contributed by atoms with E-state index in [0.29, 0.717) is 35.8 Å². The topological polar surface area (TPSA) is 83.6 Å². The predicted molar refractivity (Wildman–Crippen MR) is 93.7 cm³/mol. The number of nitrogens with zero attached hydrogens (tertiary/aromatic N) is 2. The van der Waals surface area contributed by atoms with Gasteiger partial charge in [0.1, 0.15) is 0 Å². The van der Waals surface area contributed by atoms with Crippen LogP contribution in [-0.2, 0) is 0 Å². The van der Waals surface area contributed by atoms with Crippen LogP contribution < -0.4 is 9.47 Å². The molecular weight excluding hydrogens is 308 g/mol. The van der Waals surface area contributed by atoms with Gasteiger partial charge in [-0.25, -0.2) is 0 Å². The van der Waals surface area contributed by atoms with Crippen LogP contribution in [0.25, 0.3) is 0 Å². The van der Waals surface area contributed by atoms with Crippen molar-refractivity contribution < 1.29 is 19.7 Å². The van der Waals surface area contributed by atoms with Gasteiger partial charge in [-0.3, -0.25) is 0 Å². The van der Waals surface area contributed by atoms with Crippen LogP contribution in [0.5, 0.6) is 23.0 Å². The van der Waals surface area contributed by atoms with E-state index in [2.05, 4.69) is 10.2 Å². The van der Waals surface area contributed by atoms with Gasteiger partial charge in [0.05, 0.1) is 25.6 Å². The molecular formula is C18H20N2O4. The lowest BCUT2D eigenvalue weighted by atomic mass is 10.2. The molecule has 0 saturated heterocycles. The molecule has 2 N–H and O–H groups in total. The minimum Gasteiger partial charge on any atom is -0.504 e. The standard InChI is InChI=1S/C18H20N2O4/c1-3-23-15-9-5-7-13(17(15)21)11-19-20-12-14-8-6-10-16(18(14)22)24-4-2/h5-12,21-22H,3-4H2,1-2H3. The van der Waals surface area contributed by atoms with E-state index in [-0.39, 0.29) is 11.5 Å². The molecule has 24 heavy (non-hydrogen) atoms. The largest absolute Gasteiger partial charge is 0.504 e. The summed E-state index contributed by atoms with van der Waals surface area (Å²) in [5, 5.41) is 27.9. The summed E-state index contributed by atoms with van der Waals surface area (Å²) in [6.07, 6.45) is 2.83. The third kappa shape index (κ3) is 4.25. The minimum absolute atomic E-state index is 0.0134. The summed E-state index contributed by atoms with van der Waals surface area (Å²) in [5.74, 6) is 0.818. The first-order chi connectivity index (χ1) is 11.7. The summed E-state index contributed by atoms with van der Waals surface area (Å²) < 4.78 is 10.6. The molecule has 2 aromatic carbocycles. The Labute approximate surface area is 140 Å². The Bertz CT molecular complexity index is 678. The minimum atomic E-state index is 0.0134. The average molecular weight is 328 g/mol. The Kier molecular flexibility index (Phi) is 6.19. The molecule has 0 atom stereocenters. The molecule has 2 rings (SSSR count). The van der Waals surface area contributed by atoms with Crippen LogP contribution >= 0.6 is 0 Å². The smallest absolute Gasteiger partial charge is 0.166 e. The van der Waals surface area contributed by atoms with Crippen LogP contribution in [-0.4, -0.2) is 35.9 Å². The molecule has 0 radical (unpaired) electrons. The summed E-state index contributed by atoms with van der Waals surface area (Å²) in [7, 11) is 0. The van der Waals surface area contributed by atoms with Crippen molar-refractivity contribution in [3.63, 3.8) is 0 Å². The number of phenols is 2. The maximum atomic E-state index is 10.1. The highest BCUT2D eigenvalue weighted by molar-refractivity contribution is 5.87. The van der Waals surface area contributed by atoms with E-state index in [1.807, 2.05) is 13.8 Å². The molecule has 0 fully saturated rings. The fourth-order valence-electron chi connectivity index (χ4n) is 2.02. The quantitative estimate of drug-likeness (QED) is 0.603. The van der Waals surface area contributed by atoms with Gasteiger partial charge in [0.15, 0.2) is 23.0 Å². The normalized spacial score (nSPS) is 11.2. The second kappa shape index (κ2) is 8.57. The van der Waals surface area contributed by atoms with Gasteiger partial charge in [-0.2, -0.15) is 10.2 Å². The lowest BCUT2D eigenvalue weighted by Gasteiger charge is -2.07.